The highest BCUT2D eigenvalue weighted by Gasteiger charge is 2.31. The number of carbonyl (C=O) groups excluding carboxylic acids is 2. The molecule has 0 rings (SSSR count). The molecule has 0 N–H and O–H groups in total. The van der Waals surface area contributed by atoms with Crippen LogP contribution in [-0.4, -0.2) is 63.4 Å². The average Bonchev–Trinajstić information content (AvgIpc) is 2.53. The molecule has 1 unspecified atom stereocenters. The molecule has 0 aromatic heterocycles. The van der Waals surface area contributed by atoms with Gasteiger partial charge in [-0.15, -0.1) is 0 Å². The minimum atomic E-state index is -3.57. The second-order valence-electron chi connectivity index (χ2n) is 5.19. The summed E-state index contributed by atoms with van der Waals surface area (Å²) in [6.07, 6.45) is -1.90. The van der Waals surface area contributed by atoms with Gasteiger partial charge in [0.25, 0.3) is 0 Å². The van der Waals surface area contributed by atoms with Crippen LogP contribution in [-0.2, 0) is 46.3 Å². The van der Waals surface area contributed by atoms with E-state index in [-0.39, 0.29) is 33.0 Å². The van der Waals surface area contributed by atoms with Gasteiger partial charge in [-0.25, -0.2) is 0 Å². The molecule has 1 atom stereocenters. The van der Waals surface area contributed by atoms with Gasteiger partial charge < -0.3 is 27.6 Å². The van der Waals surface area contributed by atoms with Crippen molar-refractivity contribution in [1.29, 1.82) is 0 Å². The Balaban J connectivity index is 4.47. The van der Waals surface area contributed by atoms with Crippen molar-refractivity contribution in [3.8, 4) is 0 Å². The van der Waals surface area contributed by atoms with Crippen LogP contribution < -0.4 is 0 Å². The monoisotopic (exact) mass is 432 g/mol. The lowest BCUT2D eigenvalue weighted by Crippen LogP contribution is -2.25. The zero-order chi connectivity index (χ0) is 20.9. The van der Waals surface area contributed by atoms with Gasteiger partial charge in [-0.3, -0.25) is 18.7 Å². The van der Waals surface area contributed by atoms with Crippen molar-refractivity contribution >= 4 is 27.1 Å². The van der Waals surface area contributed by atoms with E-state index in [1.54, 1.807) is 27.7 Å². The third kappa shape index (κ3) is 11.6. The Hall–Kier alpha value is -0.760. The first-order valence-corrected chi connectivity index (χ1v) is 12.2. The lowest BCUT2D eigenvalue weighted by atomic mass is 10.4. The average molecular weight is 432 g/mol. The normalized spacial score (nSPS) is 13.2. The number of esters is 2. The van der Waals surface area contributed by atoms with Crippen molar-refractivity contribution < 1.29 is 46.3 Å². The van der Waals surface area contributed by atoms with Crippen LogP contribution >= 0.6 is 15.2 Å². The molecule has 0 radical (unpaired) electrons. The van der Waals surface area contributed by atoms with Crippen LogP contribution in [0, 0.1) is 0 Å². The fourth-order valence-corrected chi connectivity index (χ4v) is 4.80. The van der Waals surface area contributed by atoms with Crippen molar-refractivity contribution in [3.63, 3.8) is 0 Å². The summed E-state index contributed by atoms with van der Waals surface area (Å²) >= 11 is 0. The van der Waals surface area contributed by atoms with E-state index in [1.807, 2.05) is 0 Å². The Bertz CT molecular complexity index is 531. The van der Waals surface area contributed by atoms with E-state index >= 15 is 0 Å². The van der Waals surface area contributed by atoms with E-state index in [1.165, 1.54) is 6.92 Å². The zero-order valence-corrected chi connectivity index (χ0v) is 18.3. The molecular weight excluding hydrogens is 402 g/mol. The van der Waals surface area contributed by atoms with Crippen LogP contribution in [0.15, 0.2) is 0 Å². The van der Waals surface area contributed by atoms with Crippen molar-refractivity contribution in [2.75, 3.05) is 45.4 Å². The van der Waals surface area contributed by atoms with E-state index in [0.29, 0.717) is 0 Å². The highest BCUT2D eigenvalue weighted by molar-refractivity contribution is 7.55. The van der Waals surface area contributed by atoms with Crippen molar-refractivity contribution in [3.05, 3.63) is 0 Å². The first-order valence-electron chi connectivity index (χ1n) is 8.74. The van der Waals surface area contributed by atoms with Gasteiger partial charge in [-0.1, -0.05) is 0 Å². The summed E-state index contributed by atoms with van der Waals surface area (Å²) in [5.74, 6) is -1.62. The molecule has 160 valence electrons. The topological polar surface area (TPSA) is 124 Å². The molecule has 0 aromatic carbocycles. The Morgan fingerprint density at radius 2 is 1.11 bits per heavy atom. The Labute approximate surface area is 160 Å². The third-order valence-electron chi connectivity index (χ3n) is 2.76. The molecular formula is C15H30O10P2. The van der Waals surface area contributed by atoms with E-state index in [4.69, 9.17) is 27.6 Å². The standard InChI is InChI=1S/C15H30O10P2/c1-6-21-26(18,22-7-2)11-14(16)20-10-13(5)25-15(17)12-27(19,23-8-3)24-9-4/h13H,6-12H2,1-5H3. The van der Waals surface area contributed by atoms with Gasteiger partial charge in [-0.2, -0.15) is 0 Å². The molecule has 12 heteroatoms. The Morgan fingerprint density at radius 3 is 1.48 bits per heavy atom. The van der Waals surface area contributed by atoms with Crippen LogP contribution in [0.2, 0.25) is 0 Å². The fourth-order valence-electron chi connectivity index (χ4n) is 1.91. The van der Waals surface area contributed by atoms with Gasteiger partial charge in [0.1, 0.15) is 25.0 Å². The number of hydrogen-bond donors (Lipinski definition) is 0. The first-order chi connectivity index (χ1) is 12.6. The second-order valence-corrected chi connectivity index (χ2v) is 9.30. The quantitative estimate of drug-likeness (QED) is 0.282. The van der Waals surface area contributed by atoms with Gasteiger partial charge in [0.15, 0.2) is 0 Å². The molecule has 0 amide bonds. The summed E-state index contributed by atoms with van der Waals surface area (Å²) in [5, 5.41) is 0. The Morgan fingerprint density at radius 1 is 0.741 bits per heavy atom. The first kappa shape index (κ1) is 26.2. The van der Waals surface area contributed by atoms with Crippen LogP contribution in [0.1, 0.15) is 34.6 Å². The summed E-state index contributed by atoms with van der Waals surface area (Å²) < 4.78 is 54.5. The zero-order valence-electron chi connectivity index (χ0n) is 16.5. The number of carbonyl (C=O) groups is 2. The van der Waals surface area contributed by atoms with Crippen LogP contribution in [0.3, 0.4) is 0 Å². The van der Waals surface area contributed by atoms with E-state index in [0.717, 1.165) is 0 Å². The maximum atomic E-state index is 12.3. The number of ether oxygens (including phenoxy) is 2. The summed E-state index contributed by atoms with van der Waals surface area (Å²) in [5.41, 5.74) is 0. The fraction of sp³-hybridized carbons (Fsp3) is 0.867. The predicted octanol–water partition coefficient (Wildman–Crippen LogP) is 2.99. The molecule has 0 aliphatic heterocycles. The van der Waals surface area contributed by atoms with Crippen LogP contribution in [0.4, 0.5) is 0 Å². The smallest absolute Gasteiger partial charge is 0.341 e. The molecule has 0 aromatic rings. The second kappa shape index (κ2) is 13.4. The SMILES string of the molecule is CCOP(=O)(CC(=O)OCC(C)OC(=O)CP(=O)(OCC)OCC)OCC. The van der Waals surface area contributed by atoms with E-state index < -0.39 is 45.6 Å². The van der Waals surface area contributed by atoms with E-state index in [9.17, 15) is 18.7 Å². The molecule has 0 heterocycles. The summed E-state index contributed by atoms with van der Waals surface area (Å²) in [6, 6.07) is 0. The van der Waals surface area contributed by atoms with Gasteiger partial charge in [0.05, 0.1) is 26.4 Å². The molecule has 10 nitrogen and oxygen atoms in total. The highest BCUT2D eigenvalue weighted by Crippen LogP contribution is 2.48. The molecule has 0 aliphatic rings. The highest BCUT2D eigenvalue weighted by atomic mass is 31.2. The predicted molar refractivity (Wildman–Crippen MR) is 98.0 cm³/mol. The lowest BCUT2D eigenvalue weighted by molar-refractivity contribution is -0.155. The summed E-state index contributed by atoms with van der Waals surface area (Å²) in [6.45, 7) is 8.22. The maximum absolute atomic E-state index is 12.3. The van der Waals surface area contributed by atoms with Gasteiger partial charge >= 0.3 is 27.1 Å². The van der Waals surface area contributed by atoms with Gasteiger partial charge in [0, 0.05) is 0 Å². The van der Waals surface area contributed by atoms with E-state index in [2.05, 4.69) is 0 Å². The molecule has 0 bridgehead atoms. The molecule has 0 fully saturated rings. The minimum Gasteiger partial charge on any atom is -0.461 e. The van der Waals surface area contributed by atoms with Gasteiger partial charge in [0.2, 0.25) is 0 Å². The van der Waals surface area contributed by atoms with Crippen LogP contribution in [0.5, 0.6) is 0 Å². The molecule has 27 heavy (non-hydrogen) atoms. The Kier molecular flexibility index (Phi) is 13.0. The summed E-state index contributed by atoms with van der Waals surface area (Å²) in [4.78, 5) is 23.7. The summed E-state index contributed by atoms with van der Waals surface area (Å²) in [7, 11) is -7.12. The number of hydrogen-bond acceptors (Lipinski definition) is 10. The molecule has 0 aliphatic carbocycles. The minimum absolute atomic E-state index is 0.122. The molecule has 0 saturated carbocycles. The lowest BCUT2D eigenvalue weighted by Gasteiger charge is -2.19. The number of rotatable bonds is 15. The van der Waals surface area contributed by atoms with Gasteiger partial charge in [-0.05, 0) is 34.6 Å². The van der Waals surface area contributed by atoms with Crippen molar-refractivity contribution in [1.82, 2.24) is 0 Å². The van der Waals surface area contributed by atoms with Crippen molar-refractivity contribution in [2.24, 2.45) is 0 Å². The third-order valence-corrected chi connectivity index (χ3v) is 6.66. The largest absolute Gasteiger partial charge is 0.461 e. The maximum Gasteiger partial charge on any atom is 0.341 e. The molecule has 0 saturated heterocycles. The van der Waals surface area contributed by atoms with Crippen molar-refractivity contribution in [2.45, 2.75) is 40.7 Å². The molecule has 0 spiro atoms. The van der Waals surface area contributed by atoms with Crippen LogP contribution in [0.25, 0.3) is 0 Å².